The van der Waals surface area contributed by atoms with Crippen LogP contribution in [0.5, 0.6) is 0 Å². The van der Waals surface area contributed by atoms with Gasteiger partial charge in [-0.15, -0.1) is 0 Å². The Kier molecular flexibility index (Phi) is 5.75. The minimum absolute atomic E-state index is 0.872. The van der Waals surface area contributed by atoms with Crippen molar-refractivity contribution in [3.8, 4) is 44.8 Å². The second-order valence-corrected chi connectivity index (χ2v) is 12.5. The van der Waals surface area contributed by atoms with Crippen LogP contribution in [0.2, 0.25) is 0 Å². The zero-order valence-corrected chi connectivity index (χ0v) is 26.1. The minimum Gasteiger partial charge on any atom is -0.456 e. The van der Waals surface area contributed by atoms with E-state index >= 15 is 0 Å². The van der Waals surface area contributed by atoms with E-state index in [9.17, 15) is 0 Å². The van der Waals surface area contributed by atoms with Crippen LogP contribution in [0.3, 0.4) is 0 Å². The van der Waals surface area contributed by atoms with Crippen LogP contribution in [0.4, 0.5) is 0 Å². The summed E-state index contributed by atoms with van der Waals surface area (Å²) in [6.07, 6.45) is 0. The van der Waals surface area contributed by atoms with Crippen molar-refractivity contribution in [3.63, 3.8) is 0 Å². The van der Waals surface area contributed by atoms with Crippen molar-refractivity contribution >= 4 is 54.9 Å². The third-order valence-corrected chi connectivity index (χ3v) is 9.65. The highest BCUT2D eigenvalue weighted by atomic mass is 16.3. The first-order valence-corrected chi connectivity index (χ1v) is 16.2. The van der Waals surface area contributed by atoms with E-state index in [-0.39, 0.29) is 0 Å². The standard InChI is InChI=1S/C44H28N2O2/c1-46-39-21-19-33(24-38(39)45-44(46)31-7-3-2-4-8-31)30-17-13-28(14-18-30)27-11-15-29(16-12-27)32-20-22-41-35(23-32)37-26-42-36(25-43(37)48-41)34-9-5-6-10-40(34)47-42/h2-26H,1H3. The van der Waals surface area contributed by atoms with Gasteiger partial charge in [-0.25, -0.2) is 4.98 Å². The zero-order valence-electron chi connectivity index (χ0n) is 26.1. The number of para-hydroxylation sites is 1. The van der Waals surface area contributed by atoms with E-state index in [1.807, 2.05) is 24.3 Å². The van der Waals surface area contributed by atoms with Crippen LogP contribution in [-0.4, -0.2) is 9.55 Å². The monoisotopic (exact) mass is 616 g/mol. The van der Waals surface area contributed by atoms with E-state index in [2.05, 4.69) is 139 Å². The Morgan fingerprint density at radius 3 is 1.58 bits per heavy atom. The predicted molar refractivity (Wildman–Crippen MR) is 197 cm³/mol. The third-order valence-electron chi connectivity index (χ3n) is 9.65. The Morgan fingerprint density at radius 1 is 0.396 bits per heavy atom. The fourth-order valence-corrected chi connectivity index (χ4v) is 7.11. The molecule has 10 aromatic rings. The fourth-order valence-electron chi connectivity index (χ4n) is 7.11. The van der Waals surface area contributed by atoms with Crippen molar-refractivity contribution in [2.24, 2.45) is 7.05 Å². The lowest BCUT2D eigenvalue weighted by Crippen LogP contribution is -1.91. The molecule has 0 bridgehead atoms. The molecule has 0 N–H and O–H groups in total. The molecule has 48 heavy (non-hydrogen) atoms. The molecular formula is C44H28N2O2. The molecule has 226 valence electrons. The van der Waals surface area contributed by atoms with Crippen molar-refractivity contribution in [1.29, 1.82) is 0 Å². The van der Waals surface area contributed by atoms with Gasteiger partial charge in [0.1, 0.15) is 28.2 Å². The molecule has 4 nitrogen and oxygen atoms in total. The van der Waals surface area contributed by atoms with Gasteiger partial charge in [0.25, 0.3) is 0 Å². The predicted octanol–water partition coefficient (Wildman–Crippen LogP) is 12.0. The van der Waals surface area contributed by atoms with Gasteiger partial charge in [-0.2, -0.15) is 0 Å². The molecule has 0 aliphatic rings. The zero-order chi connectivity index (χ0) is 31.8. The van der Waals surface area contributed by atoms with Gasteiger partial charge in [-0.3, -0.25) is 0 Å². The van der Waals surface area contributed by atoms with Crippen LogP contribution in [0, 0.1) is 0 Å². The highest BCUT2D eigenvalue weighted by Crippen LogP contribution is 2.38. The summed E-state index contributed by atoms with van der Waals surface area (Å²) in [4.78, 5) is 4.97. The molecule has 4 heteroatoms. The minimum atomic E-state index is 0.872. The molecule has 10 rings (SSSR count). The first-order chi connectivity index (χ1) is 23.7. The number of hydrogen-bond donors (Lipinski definition) is 0. The second kappa shape index (κ2) is 10.3. The van der Waals surface area contributed by atoms with Crippen LogP contribution in [0.1, 0.15) is 0 Å². The molecule has 0 aliphatic carbocycles. The summed E-state index contributed by atoms with van der Waals surface area (Å²) in [5.41, 5.74) is 13.8. The van der Waals surface area contributed by atoms with E-state index in [0.29, 0.717) is 0 Å². The summed E-state index contributed by atoms with van der Waals surface area (Å²) in [6.45, 7) is 0. The molecule has 0 saturated carbocycles. The summed E-state index contributed by atoms with van der Waals surface area (Å²) in [5, 5.41) is 4.33. The lowest BCUT2D eigenvalue weighted by atomic mass is 9.97. The Hall–Kier alpha value is -6.39. The van der Waals surface area contributed by atoms with Crippen LogP contribution >= 0.6 is 0 Å². The summed E-state index contributed by atoms with van der Waals surface area (Å²) < 4.78 is 14.6. The maximum Gasteiger partial charge on any atom is 0.140 e. The normalized spacial score (nSPS) is 11.9. The van der Waals surface area contributed by atoms with Crippen molar-refractivity contribution < 1.29 is 8.83 Å². The summed E-state index contributed by atoms with van der Waals surface area (Å²) in [6, 6.07) is 53.3. The van der Waals surface area contributed by atoms with Gasteiger partial charge >= 0.3 is 0 Å². The average molecular weight is 617 g/mol. The quantitative estimate of drug-likeness (QED) is 0.198. The molecule has 0 radical (unpaired) electrons. The van der Waals surface area contributed by atoms with Gasteiger partial charge in [0.05, 0.1) is 11.0 Å². The topological polar surface area (TPSA) is 44.1 Å². The second-order valence-electron chi connectivity index (χ2n) is 12.5. The number of aromatic nitrogens is 2. The summed E-state index contributed by atoms with van der Waals surface area (Å²) in [7, 11) is 2.08. The average Bonchev–Trinajstić information content (AvgIpc) is 3.81. The fraction of sp³-hybridized carbons (Fsp3) is 0.0227. The highest BCUT2D eigenvalue weighted by molar-refractivity contribution is 6.15. The third kappa shape index (κ3) is 4.20. The number of imidazole rings is 1. The summed E-state index contributed by atoms with van der Waals surface area (Å²) >= 11 is 0. The van der Waals surface area contributed by atoms with Gasteiger partial charge in [-0.05, 0) is 75.8 Å². The Labute approximate surface area is 276 Å². The van der Waals surface area contributed by atoms with Crippen molar-refractivity contribution in [3.05, 3.63) is 152 Å². The Balaban J connectivity index is 0.938. The van der Waals surface area contributed by atoms with Crippen LogP contribution in [0.25, 0.3) is 99.7 Å². The van der Waals surface area contributed by atoms with Crippen molar-refractivity contribution in [2.45, 2.75) is 0 Å². The van der Waals surface area contributed by atoms with E-state index in [0.717, 1.165) is 83.0 Å². The molecule has 0 saturated heterocycles. The largest absolute Gasteiger partial charge is 0.456 e. The van der Waals surface area contributed by atoms with Gasteiger partial charge < -0.3 is 13.4 Å². The molecule has 7 aromatic carbocycles. The first kappa shape index (κ1) is 26.8. The van der Waals surface area contributed by atoms with Gasteiger partial charge in [-0.1, -0.05) is 109 Å². The number of rotatable bonds is 4. The van der Waals surface area contributed by atoms with Crippen molar-refractivity contribution in [2.75, 3.05) is 0 Å². The SMILES string of the molecule is Cn1c(-c2ccccc2)nc2cc(-c3ccc(-c4ccc(-c5ccc6oc7cc8c(cc7c6c5)oc5ccccc58)cc4)cc3)ccc21. The Morgan fingerprint density at radius 2 is 0.896 bits per heavy atom. The smallest absolute Gasteiger partial charge is 0.140 e. The lowest BCUT2D eigenvalue weighted by molar-refractivity contribution is 0.664. The molecule has 0 amide bonds. The number of aryl methyl sites for hydroxylation is 1. The highest BCUT2D eigenvalue weighted by Gasteiger charge is 2.15. The maximum atomic E-state index is 6.29. The molecule has 0 atom stereocenters. The van der Waals surface area contributed by atoms with E-state index < -0.39 is 0 Å². The van der Waals surface area contributed by atoms with E-state index in [1.54, 1.807) is 0 Å². The number of fused-ring (bicyclic) bond motifs is 7. The molecule has 0 fully saturated rings. The van der Waals surface area contributed by atoms with E-state index in [1.165, 1.54) is 16.7 Å². The molecule has 0 unspecified atom stereocenters. The number of furan rings is 2. The summed E-state index contributed by atoms with van der Waals surface area (Å²) in [5.74, 6) is 0.976. The molecule has 3 heterocycles. The molecule has 0 spiro atoms. The maximum absolute atomic E-state index is 6.29. The lowest BCUT2D eigenvalue weighted by Gasteiger charge is -2.07. The molecule has 0 aliphatic heterocycles. The van der Waals surface area contributed by atoms with Gasteiger partial charge in [0, 0.05) is 34.2 Å². The number of hydrogen-bond acceptors (Lipinski definition) is 3. The molecular weight excluding hydrogens is 588 g/mol. The van der Waals surface area contributed by atoms with Gasteiger partial charge in [0.15, 0.2) is 0 Å². The van der Waals surface area contributed by atoms with Crippen LogP contribution in [0.15, 0.2) is 160 Å². The number of benzene rings is 7. The van der Waals surface area contributed by atoms with Crippen LogP contribution in [-0.2, 0) is 7.05 Å². The number of nitrogens with zero attached hydrogens (tertiary/aromatic N) is 2. The van der Waals surface area contributed by atoms with E-state index in [4.69, 9.17) is 13.8 Å². The molecule has 3 aromatic heterocycles. The Bertz CT molecular complexity index is 2820. The van der Waals surface area contributed by atoms with Gasteiger partial charge in [0.2, 0.25) is 0 Å². The van der Waals surface area contributed by atoms with Crippen LogP contribution < -0.4 is 0 Å². The first-order valence-electron chi connectivity index (χ1n) is 16.2. The van der Waals surface area contributed by atoms with Crippen molar-refractivity contribution in [1.82, 2.24) is 9.55 Å².